The van der Waals surface area contributed by atoms with Crippen molar-refractivity contribution in [2.75, 3.05) is 13.6 Å². The number of hydrogen-bond acceptors (Lipinski definition) is 3. The van der Waals surface area contributed by atoms with Crippen molar-refractivity contribution in [3.63, 3.8) is 0 Å². The highest BCUT2D eigenvalue weighted by Gasteiger charge is 2.36. The third-order valence-electron chi connectivity index (χ3n) is 6.05. The highest BCUT2D eigenvalue weighted by Crippen LogP contribution is 2.40. The molecule has 2 rings (SSSR count). The third kappa shape index (κ3) is 4.43. The van der Waals surface area contributed by atoms with Crippen molar-refractivity contribution in [3.05, 3.63) is 0 Å². The Morgan fingerprint density at radius 1 is 1.10 bits per heavy atom. The molecule has 5 atom stereocenters. The summed E-state index contributed by atoms with van der Waals surface area (Å²) in [6.45, 7) is 8.13. The first kappa shape index (κ1) is 17.2. The number of likely N-dealkylation sites (N-methyl/N-ethyl adjacent to an activating group) is 1. The molecule has 3 N–H and O–H groups in total. The maximum absolute atomic E-state index is 10.2. The zero-order valence-corrected chi connectivity index (χ0v) is 14.5. The lowest BCUT2D eigenvalue weighted by molar-refractivity contribution is 0.0145. The minimum Gasteiger partial charge on any atom is -0.391 e. The van der Waals surface area contributed by atoms with Crippen LogP contribution in [0.2, 0.25) is 0 Å². The molecule has 0 aromatic heterocycles. The fourth-order valence-corrected chi connectivity index (χ4v) is 4.40. The lowest BCUT2D eigenvalue weighted by atomic mass is 9.67. The minimum atomic E-state index is -0.137. The Labute approximate surface area is 131 Å². The van der Waals surface area contributed by atoms with Gasteiger partial charge in [0.1, 0.15) is 0 Å². The van der Waals surface area contributed by atoms with Gasteiger partial charge in [0.15, 0.2) is 0 Å². The second-order valence-electron chi connectivity index (χ2n) is 8.66. The maximum atomic E-state index is 10.2. The van der Waals surface area contributed by atoms with Crippen molar-refractivity contribution in [1.82, 2.24) is 4.90 Å². The molecule has 2 fully saturated rings. The van der Waals surface area contributed by atoms with E-state index in [1.807, 2.05) is 0 Å². The second kappa shape index (κ2) is 6.97. The molecule has 0 spiro atoms. The summed E-state index contributed by atoms with van der Waals surface area (Å²) in [6, 6.07) is 0.688. The van der Waals surface area contributed by atoms with E-state index in [0.29, 0.717) is 23.4 Å². The SMILES string of the molecule is CN(CC1CC(C(C)(C)C)CCC1N)C1CCCCC1O. The molecule has 0 aromatic rings. The molecule has 3 nitrogen and oxygen atoms in total. The van der Waals surface area contributed by atoms with Crippen LogP contribution >= 0.6 is 0 Å². The molecule has 0 saturated heterocycles. The summed E-state index contributed by atoms with van der Waals surface area (Å²) >= 11 is 0. The fraction of sp³-hybridized carbons (Fsp3) is 1.00. The zero-order valence-electron chi connectivity index (χ0n) is 14.5. The smallest absolute Gasteiger partial charge is 0.0695 e. The highest BCUT2D eigenvalue weighted by atomic mass is 16.3. The Morgan fingerprint density at radius 3 is 2.38 bits per heavy atom. The van der Waals surface area contributed by atoms with Crippen LogP contribution in [0.15, 0.2) is 0 Å². The number of rotatable bonds is 3. The van der Waals surface area contributed by atoms with Crippen molar-refractivity contribution < 1.29 is 5.11 Å². The molecule has 2 aliphatic rings. The Balaban J connectivity index is 1.93. The summed E-state index contributed by atoms with van der Waals surface area (Å²) in [5.74, 6) is 1.37. The van der Waals surface area contributed by atoms with Gasteiger partial charge < -0.3 is 15.7 Å². The van der Waals surface area contributed by atoms with Crippen LogP contribution in [0.5, 0.6) is 0 Å². The van der Waals surface area contributed by atoms with Gasteiger partial charge in [-0.05, 0) is 56.4 Å². The fourth-order valence-electron chi connectivity index (χ4n) is 4.40. The van der Waals surface area contributed by atoms with Crippen molar-refractivity contribution in [2.45, 2.75) is 83.9 Å². The number of nitrogens with zero attached hydrogens (tertiary/aromatic N) is 1. The largest absolute Gasteiger partial charge is 0.391 e. The van der Waals surface area contributed by atoms with Gasteiger partial charge in [0.05, 0.1) is 6.10 Å². The van der Waals surface area contributed by atoms with Crippen molar-refractivity contribution in [1.29, 1.82) is 0 Å². The molecule has 2 saturated carbocycles. The van der Waals surface area contributed by atoms with E-state index in [2.05, 4.69) is 32.7 Å². The van der Waals surface area contributed by atoms with Gasteiger partial charge in [0.2, 0.25) is 0 Å². The maximum Gasteiger partial charge on any atom is 0.0695 e. The molecule has 21 heavy (non-hydrogen) atoms. The van der Waals surface area contributed by atoms with E-state index in [4.69, 9.17) is 5.73 Å². The van der Waals surface area contributed by atoms with Crippen molar-refractivity contribution in [2.24, 2.45) is 23.0 Å². The minimum absolute atomic E-state index is 0.137. The van der Waals surface area contributed by atoms with Crippen LogP contribution in [-0.4, -0.2) is 41.8 Å². The van der Waals surface area contributed by atoms with Crippen LogP contribution in [0.25, 0.3) is 0 Å². The van der Waals surface area contributed by atoms with E-state index in [-0.39, 0.29) is 6.10 Å². The van der Waals surface area contributed by atoms with E-state index in [1.165, 1.54) is 25.7 Å². The molecule has 3 heteroatoms. The van der Waals surface area contributed by atoms with Gasteiger partial charge in [-0.1, -0.05) is 33.6 Å². The zero-order chi connectivity index (χ0) is 15.6. The van der Waals surface area contributed by atoms with E-state index in [1.54, 1.807) is 0 Å². The van der Waals surface area contributed by atoms with Gasteiger partial charge in [0.25, 0.3) is 0 Å². The van der Waals surface area contributed by atoms with E-state index >= 15 is 0 Å². The molecular weight excluding hydrogens is 260 g/mol. The second-order valence-corrected chi connectivity index (χ2v) is 8.66. The van der Waals surface area contributed by atoms with Crippen LogP contribution in [0, 0.1) is 17.3 Å². The number of nitrogens with two attached hydrogens (primary N) is 1. The molecule has 0 heterocycles. The Kier molecular flexibility index (Phi) is 5.72. The topological polar surface area (TPSA) is 49.5 Å². The van der Waals surface area contributed by atoms with Gasteiger partial charge >= 0.3 is 0 Å². The quantitative estimate of drug-likeness (QED) is 0.841. The Morgan fingerprint density at radius 2 is 1.76 bits per heavy atom. The van der Waals surface area contributed by atoms with Crippen LogP contribution < -0.4 is 5.73 Å². The predicted molar refractivity (Wildman–Crippen MR) is 89.2 cm³/mol. The monoisotopic (exact) mass is 296 g/mol. The molecule has 124 valence electrons. The van der Waals surface area contributed by atoms with E-state index in [9.17, 15) is 5.11 Å². The lowest BCUT2D eigenvalue weighted by Crippen LogP contribution is -2.49. The first-order chi connectivity index (χ1) is 9.79. The summed E-state index contributed by atoms with van der Waals surface area (Å²) in [5, 5.41) is 10.2. The summed E-state index contributed by atoms with van der Waals surface area (Å²) in [7, 11) is 2.19. The average molecular weight is 296 g/mol. The van der Waals surface area contributed by atoms with Crippen molar-refractivity contribution >= 4 is 0 Å². The number of aliphatic hydroxyl groups is 1. The summed E-state index contributed by atoms with van der Waals surface area (Å²) < 4.78 is 0. The van der Waals surface area contributed by atoms with Gasteiger partial charge in [-0.2, -0.15) is 0 Å². The summed E-state index contributed by atoms with van der Waals surface area (Å²) in [4.78, 5) is 2.40. The van der Waals surface area contributed by atoms with E-state index < -0.39 is 0 Å². The predicted octanol–water partition coefficient (Wildman–Crippen LogP) is 3.01. The Hall–Kier alpha value is -0.120. The highest BCUT2D eigenvalue weighted by molar-refractivity contribution is 4.90. The molecule has 0 aromatic carbocycles. The average Bonchev–Trinajstić information content (AvgIpc) is 2.40. The standard InChI is InChI=1S/C18H36N2O/c1-18(2,3)14-9-10-15(19)13(11-14)12-20(4)16-7-5-6-8-17(16)21/h13-17,21H,5-12,19H2,1-4H3. The first-order valence-electron chi connectivity index (χ1n) is 8.93. The first-order valence-corrected chi connectivity index (χ1v) is 8.93. The molecule has 0 bridgehead atoms. The summed E-state index contributed by atoms with van der Waals surface area (Å²) in [5.41, 5.74) is 6.80. The van der Waals surface area contributed by atoms with Crippen molar-refractivity contribution in [3.8, 4) is 0 Å². The number of aliphatic hydroxyl groups excluding tert-OH is 1. The van der Waals surface area contributed by atoms with Crippen LogP contribution in [-0.2, 0) is 0 Å². The van der Waals surface area contributed by atoms with Crippen LogP contribution in [0.3, 0.4) is 0 Å². The van der Waals surface area contributed by atoms with Gasteiger partial charge in [-0.15, -0.1) is 0 Å². The van der Waals surface area contributed by atoms with Crippen LogP contribution in [0.4, 0.5) is 0 Å². The summed E-state index contributed by atoms with van der Waals surface area (Å²) in [6.07, 6.45) is 8.09. The lowest BCUT2D eigenvalue weighted by Gasteiger charge is -2.44. The third-order valence-corrected chi connectivity index (χ3v) is 6.05. The molecule has 2 aliphatic carbocycles. The normalized spacial score (nSPS) is 38.7. The molecule has 0 amide bonds. The van der Waals surface area contributed by atoms with E-state index in [0.717, 1.165) is 31.7 Å². The van der Waals surface area contributed by atoms with Gasteiger partial charge in [-0.25, -0.2) is 0 Å². The molecule has 0 aliphatic heterocycles. The van der Waals surface area contributed by atoms with Gasteiger partial charge in [0, 0.05) is 18.6 Å². The molecular formula is C18H36N2O. The number of hydrogen-bond donors (Lipinski definition) is 2. The molecule has 0 radical (unpaired) electrons. The Bertz CT molecular complexity index is 326. The van der Waals surface area contributed by atoms with Gasteiger partial charge in [-0.3, -0.25) is 0 Å². The van der Waals surface area contributed by atoms with Crippen LogP contribution in [0.1, 0.15) is 65.7 Å². The molecule has 5 unspecified atom stereocenters.